The van der Waals surface area contributed by atoms with E-state index >= 15 is 0 Å². The van der Waals surface area contributed by atoms with Crippen LogP contribution in [-0.2, 0) is 4.79 Å². The van der Waals surface area contributed by atoms with Gasteiger partial charge in [-0.15, -0.1) is 5.54 Å². The quantitative estimate of drug-likeness (QED) is 0.623. The Morgan fingerprint density at radius 2 is 1.84 bits per heavy atom. The van der Waals surface area contributed by atoms with Crippen LogP contribution in [0.3, 0.4) is 0 Å². The average molecular weight is 269 g/mol. The number of hydrogen-bond donors (Lipinski definition) is 0. The Balaban J connectivity index is 2.80. The SMILES string of the molecule is CC[Si](C#CC(=O)C#Cc1ccccn1)(CC)CC. The first kappa shape index (κ1) is 15.2. The summed E-state index contributed by atoms with van der Waals surface area (Å²) in [6, 6.07) is 8.71. The van der Waals surface area contributed by atoms with Crippen LogP contribution in [0.2, 0.25) is 18.1 Å². The fraction of sp³-hybridized carbons (Fsp3) is 0.375. The second-order valence-corrected chi connectivity index (χ2v) is 9.32. The maximum absolute atomic E-state index is 11.7. The molecule has 1 aromatic rings. The van der Waals surface area contributed by atoms with E-state index in [1.807, 2.05) is 12.1 Å². The normalized spacial score (nSPS) is 9.84. The second kappa shape index (κ2) is 7.56. The van der Waals surface area contributed by atoms with Gasteiger partial charge in [-0.3, -0.25) is 4.79 Å². The molecule has 0 aliphatic carbocycles. The van der Waals surface area contributed by atoms with Crippen LogP contribution in [-0.4, -0.2) is 18.8 Å². The molecule has 0 saturated carbocycles. The number of aromatic nitrogens is 1. The van der Waals surface area contributed by atoms with Gasteiger partial charge in [-0.05, 0) is 48.0 Å². The molecule has 0 fully saturated rings. The van der Waals surface area contributed by atoms with Crippen molar-refractivity contribution in [2.24, 2.45) is 0 Å². The van der Waals surface area contributed by atoms with Gasteiger partial charge in [0.15, 0.2) is 0 Å². The molecule has 1 aromatic heterocycles. The molecule has 0 aliphatic rings. The minimum atomic E-state index is -1.55. The van der Waals surface area contributed by atoms with Crippen molar-refractivity contribution in [1.29, 1.82) is 0 Å². The van der Waals surface area contributed by atoms with Gasteiger partial charge in [-0.2, -0.15) is 0 Å². The van der Waals surface area contributed by atoms with Crippen molar-refractivity contribution in [1.82, 2.24) is 4.98 Å². The predicted molar refractivity (Wildman–Crippen MR) is 81.1 cm³/mol. The van der Waals surface area contributed by atoms with E-state index in [-0.39, 0.29) is 5.78 Å². The van der Waals surface area contributed by atoms with Crippen molar-refractivity contribution in [2.75, 3.05) is 0 Å². The monoisotopic (exact) mass is 269 g/mol. The van der Waals surface area contributed by atoms with Crippen LogP contribution in [0.1, 0.15) is 26.5 Å². The van der Waals surface area contributed by atoms with Gasteiger partial charge in [-0.1, -0.05) is 26.8 Å². The summed E-state index contributed by atoms with van der Waals surface area (Å²) >= 11 is 0. The molecular weight excluding hydrogens is 250 g/mol. The number of carbonyl (C=O) groups is 1. The summed E-state index contributed by atoms with van der Waals surface area (Å²) in [5.74, 6) is 7.69. The third-order valence-corrected chi connectivity index (χ3v) is 8.16. The summed E-state index contributed by atoms with van der Waals surface area (Å²) in [5, 5.41) is 0. The molecule has 0 amide bonds. The van der Waals surface area contributed by atoms with E-state index in [0.29, 0.717) is 5.69 Å². The van der Waals surface area contributed by atoms with E-state index in [9.17, 15) is 4.79 Å². The lowest BCUT2D eigenvalue weighted by Gasteiger charge is -2.19. The summed E-state index contributed by atoms with van der Waals surface area (Å²) in [5.41, 5.74) is 3.83. The highest BCUT2D eigenvalue weighted by molar-refractivity contribution is 6.87. The lowest BCUT2D eigenvalue weighted by Crippen LogP contribution is -2.29. The van der Waals surface area contributed by atoms with E-state index in [1.165, 1.54) is 0 Å². The zero-order valence-corrected chi connectivity index (χ0v) is 12.8. The van der Waals surface area contributed by atoms with E-state index < -0.39 is 8.07 Å². The molecule has 0 spiro atoms. The van der Waals surface area contributed by atoms with Crippen LogP contribution >= 0.6 is 0 Å². The number of ketones is 1. The highest BCUT2D eigenvalue weighted by Crippen LogP contribution is 2.18. The van der Waals surface area contributed by atoms with Gasteiger partial charge < -0.3 is 0 Å². The molecule has 0 aromatic carbocycles. The molecule has 3 heteroatoms. The molecule has 0 radical (unpaired) electrons. The number of carbonyl (C=O) groups excluding carboxylic acids is 1. The van der Waals surface area contributed by atoms with E-state index in [0.717, 1.165) is 18.1 Å². The highest BCUT2D eigenvalue weighted by Gasteiger charge is 2.24. The second-order valence-electron chi connectivity index (χ2n) is 4.39. The summed E-state index contributed by atoms with van der Waals surface area (Å²) < 4.78 is 0. The number of hydrogen-bond acceptors (Lipinski definition) is 2. The highest BCUT2D eigenvalue weighted by atomic mass is 28.3. The zero-order valence-electron chi connectivity index (χ0n) is 11.8. The van der Waals surface area contributed by atoms with Crippen molar-refractivity contribution < 1.29 is 4.79 Å². The molecule has 1 rings (SSSR count). The molecule has 0 bridgehead atoms. The van der Waals surface area contributed by atoms with Crippen molar-refractivity contribution >= 4 is 13.9 Å². The number of nitrogens with zero attached hydrogens (tertiary/aromatic N) is 1. The molecule has 0 saturated heterocycles. The van der Waals surface area contributed by atoms with Crippen molar-refractivity contribution in [3.8, 4) is 23.3 Å². The topological polar surface area (TPSA) is 30.0 Å². The Kier molecular flexibility index (Phi) is 6.05. The van der Waals surface area contributed by atoms with Crippen molar-refractivity contribution in [3.05, 3.63) is 30.1 Å². The van der Waals surface area contributed by atoms with Gasteiger partial charge in [0.1, 0.15) is 13.8 Å². The lowest BCUT2D eigenvalue weighted by atomic mass is 10.3. The van der Waals surface area contributed by atoms with Crippen LogP contribution < -0.4 is 0 Å². The van der Waals surface area contributed by atoms with Gasteiger partial charge in [0, 0.05) is 6.20 Å². The molecule has 0 N–H and O–H groups in total. The summed E-state index contributed by atoms with van der Waals surface area (Å²) in [6.07, 6.45) is 1.66. The number of rotatable bonds is 3. The fourth-order valence-corrected chi connectivity index (χ4v) is 4.20. The molecular formula is C16H19NOSi. The van der Waals surface area contributed by atoms with E-state index in [2.05, 4.69) is 49.1 Å². The maximum Gasteiger partial charge on any atom is 0.278 e. The first-order valence-electron chi connectivity index (χ1n) is 6.66. The Hall–Kier alpha value is -1.84. The lowest BCUT2D eigenvalue weighted by molar-refractivity contribution is -0.108. The zero-order chi connectivity index (χ0) is 14.1. The van der Waals surface area contributed by atoms with Gasteiger partial charge in [0.25, 0.3) is 5.78 Å². The van der Waals surface area contributed by atoms with Gasteiger partial charge in [0.05, 0.1) is 0 Å². The van der Waals surface area contributed by atoms with Crippen LogP contribution in [0.5, 0.6) is 0 Å². The first-order valence-corrected chi connectivity index (χ1v) is 9.28. The maximum atomic E-state index is 11.7. The fourth-order valence-electron chi connectivity index (χ4n) is 1.79. The third kappa shape index (κ3) is 4.73. The molecule has 0 atom stereocenters. The standard InChI is InChI=1S/C16H19NOSi/c1-4-19(5-2,6-3)14-12-16(18)11-10-15-9-7-8-13-17-15/h7-9,13H,4-6H2,1-3H3. The molecule has 2 nitrogen and oxygen atoms in total. The van der Waals surface area contributed by atoms with Crippen LogP contribution in [0, 0.1) is 23.3 Å². The first-order chi connectivity index (χ1) is 9.15. The Morgan fingerprint density at radius 1 is 1.16 bits per heavy atom. The molecule has 0 aliphatic heterocycles. The summed E-state index contributed by atoms with van der Waals surface area (Å²) in [7, 11) is -1.55. The van der Waals surface area contributed by atoms with Crippen molar-refractivity contribution in [2.45, 2.75) is 38.9 Å². The Morgan fingerprint density at radius 3 is 2.37 bits per heavy atom. The minimum absolute atomic E-state index is 0.308. The van der Waals surface area contributed by atoms with E-state index in [1.54, 1.807) is 12.3 Å². The van der Waals surface area contributed by atoms with E-state index in [4.69, 9.17) is 0 Å². The largest absolute Gasteiger partial charge is 0.278 e. The Bertz CT molecular complexity index is 531. The predicted octanol–water partition coefficient (Wildman–Crippen LogP) is 3.05. The molecule has 98 valence electrons. The summed E-state index contributed by atoms with van der Waals surface area (Å²) in [4.78, 5) is 15.7. The number of pyridine rings is 1. The van der Waals surface area contributed by atoms with Crippen LogP contribution in [0.25, 0.3) is 0 Å². The Labute approximate surface area is 116 Å². The van der Waals surface area contributed by atoms with Gasteiger partial charge in [-0.25, -0.2) is 4.98 Å². The minimum Gasteiger partial charge on any atom is -0.270 e. The smallest absolute Gasteiger partial charge is 0.270 e. The average Bonchev–Trinajstić information content (AvgIpc) is 2.48. The number of Topliss-reactive ketones (excluding diaryl/α,β-unsaturated/α-hetero) is 1. The molecule has 1 heterocycles. The molecule has 0 unspecified atom stereocenters. The van der Waals surface area contributed by atoms with Crippen molar-refractivity contribution in [3.63, 3.8) is 0 Å². The van der Waals surface area contributed by atoms with Crippen LogP contribution in [0.15, 0.2) is 24.4 Å². The van der Waals surface area contributed by atoms with Gasteiger partial charge in [0.2, 0.25) is 0 Å². The summed E-state index contributed by atoms with van der Waals surface area (Å²) in [6.45, 7) is 6.49. The van der Waals surface area contributed by atoms with Gasteiger partial charge >= 0.3 is 0 Å². The third-order valence-electron chi connectivity index (χ3n) is 3.44. The van der Waals surface area contributed by atoms with Crippen LogP contribution in [0.4, 0.5) is 0 Å². The molecule has 19 heavy (non-hydrogen) atoms.